The second-order valence-electron chi connectivity index (χ2n) is 10.6. The molecule has 0 saturated carbocycles. The van der Waals surface area contributed by atoms with Gasteiger partial charge in [0.15, 0.2) is 17.3 Å². The van der Waals surface area contributed by atoms with Crippen LogP contribution in [0.5, 0.6) is 11.5 Å². The van der Waals surface area contributed by atoms with Crippen LogP contribution >= 0.6 is 0 Å². The molecule has 2 aromatic carbocycles. The quantitative estimate of drug-likeness (QED) is 0.303. The monoisotopic (exact) mass is 579 g/mol. The van der Waals surface area contributed by atoms with Gasteiger partial charge in [-0.3, -0.25) is 24.1 Å². The van der Waals surface area contributed by atoms with E-state index < -0.39 is 29.3 Å². The number of nitrogens with one attached hydrogen (secondary N) is 3. The van der Waals surface area contributed by atoms with Crippen LogP contribution in [0.1, 0.15) is 57.9 Å². The van der Waals surface area contributed by atoms with Crippen LogP contribution in [0.4, 0.5) is 17.2 Å². The first-order chi connectivity index (χ1) is 19.8. The zero-order valence-corrected chi connectivity index (χ0v) is 24.9. The zero-order valence-electron chi connectivity index (χ0n) is 24.9. The van der Waals surface area contributed by atoms with Crippen molar-refractivity contribution in [2.24, 2.45) is 0 Å². The van der Waals surface area contributed by atoms with Crippen molar-refractivity contribution < 1.29 is 33.2 Å². The Labute approximate surface area is 244 Å². The standard InChI is InChI=1S/C30H37N5O7/c1-18-17-24(34-42-18)32-25(37)15-16-26(38)35(21-13-11-20(12-14-21)31-19(2)36)27(29(39)33-30(3,4)5)22-9-8-10-23(40-6)28(22)41-7/h8-14,17,27H,15-16H2,1-7H3,(H,31,36)(H,33,39)(H,32,34,37). The Balaban J connectivity index is 2.08. The highest BCUT2D eigenvalue weighted by molar-refractivity contribution is 6.03. The molecule has 0 fully saturated rings. The maximum Gasteiger partial charge on any atom is 0.248 e. The van der Waals surface area contributed by atoms with Crippen molar-refractivity contribution in [2.75, 3.05) is 29.8 Å². The molecule has 224 valence electrons. The van der Waals surface area contributed by atoms with Gasteiger partial charge in [0.2, 0.25) is 23.6 Å². The molecule has 12 nitrogen and oxygen atoms in total. The summed E-state index contributed by atoms with van der Waals surface area (Å²) in [6.07, 6.45) is -0.421. The van der Waals surface area contributed by atoms with Crippen molar-refractivity contribution in [2.45, 2.75) is 59.0 Å². The van der Waals surface area contributed by atoms with Gasteiger partial charge in [0.1, 0.15) is 11.8 Å². The number of aryl methyl sites for hydroxylation is 1. The van der Waals surface area contributed by atoms with E-state index in [4.69, 9.17) is 14.0 Å². The van der Waals surface area contributed by atoms with E-state index in [0.29, 0.717) is 28.4 Å². The Kier molecular flexibility index (Phi) is 10.3. The molecule has 4 amide bonds. The third-order valence-electron chi connectivity index (χ3n) is 5.93. The molecule has 3 N–H and O–H groups in total. The third-order valence-corrected chi connectivity index (χ3v) is 5.93. The summed E-state index contributed by atoms with van der Waals surface area (Å²) >= 11 is 0. The first-order valence-electron chi connectivity index (χ1n) is 13.3. The lowest BCUT2D eigenvalue weighted by molar-refractivity contribution is -0.128. The largest absolute Gasteiger partial charge is 0.493 e. The fourth-order valence-electron chi connectivity index (χ4n) is 4.28. The second kappa shape index (κ2) is 13.7. The molecular weight excluding hydrogens is 542 g/mol. The van der Waals surface area contributed by atoms with E-state index in [1.165, 1.54) is 26.0 Å². The number of hydrogen-bond donors (Lipinski definition) is 3. The lowest BCUT2D eigenvalue weighted by atomic mass is 9.98. The maximum atomic E-state index is 14.0. The Bertz CT molecular complexity index is 1430. The Morgan fingerprint density at radius 1 is 0.976 bits per heavy atom. The Morgan fingerprint density at radius 3 is 2.21 bits per heavy atom. The average Bonchev–Trinajstić information content (AvgIpc) is 3.33. The molecule has 0 bridgehead atoms. The molecule has 3 aromatic rings. The molecular formula is C30H37N5O7. The third kappa shape index (κ3) is 8.32. The van der Waals surface area contributed by atoms with Crippen LogP contribution in [0.2, 0.25) is 0 Å². The van der Waals surface area contributed by atoms with Crippen molar-refractivity contribution in [3.8, 4) is 11.5 Å². The summed E-state index contributed by atoms with van der Waals surface area (Å²) in [5, 5.41) is 12.0. The molecule has 0 radical (unpaired) electrons. The summed E-state index contributed by atoms with van der Waals surface area (Å²) in [7, 11) is 2.93. The number of hydrogen-bond acceptors (Lipinski definition) is 8. The molecule has 0 aliphatic carbocycles. The van der Waals surface area contributed by atoms with Gasteiger partial charge >= 0.3 is 0 Å². The van der Waals surface area contributed by atoms with Crippen LogP contribution in [-0.4, -0.2) is 48.5 Å². The molecule has 0 aliphatic rings. The van der Waals surface area contributed by atoms with Crippen LogP contribution in [-0.2, 0) is 19.2 Å². The first kappa shape index (κ1) is 31.7. The number of aromatic nitrogens is 1. The molecule has 1 heterocycles. The summed E-state index contributed by atoms with van der Waals surface area (Å²) < 4.78 is 16.1. The summed E-state index contributed by atoms with van der Waals surface area (Å²) in [6.45, 7) is 8.56. The van der Waals surface area contributed by atoms with Crippen molar-refractivity contribution >= 4 is 40.8 Å². The van der Waals surface area contributed by atoms with Crippen molar-refractivity contribution in [1.29, 1.82) is 0 Å². The molecule has 12 heteroatoms. The number of para-hydroxylation sites is 1. The smallest absolute Gasteiger partial charge is 0.248 e. The van der Waals surface area contributed by atoms with Crippen LogP contribution in [0, 0.1) is 6.92 Å². The summed E-state index contributed by atoms with van der Waals surface area (Å²) in [5.74, 6) is -0.280. The van der Waals surface area contributed by atoms with Gasteiger partial charge in [-0.05, 0) is 58.0 Å². The summed E-state index contributed by atoms with van der Waals surface area (Å²) in [4.78, 5) is 53.5. The topological polar surface area (TPSA) is 152 Å². The minimum absolute atomic E-state index is 0.186. The summed E-state index contributed by atoms with van der Waals surface area (Å²) in [6, 6.07) is 11.9. The van der Waals surface area contributed by atoms with E-state index in [1.807, 2.05) is 20.8 Å². The van der Waals surface area contributed by atoms with Gasteiger partial charge in [-0.1, -0.05) is 17.3 Å². The van der Waals surface area contributed by atoms with Crippen molar-refractivity contribution in [1.82, 2.24) is 10.5 Å². The van der Waals surface area contributed by atoms with E-state index >= 15 is 0 Å². The number of nitrogens with zero attached hydrogens (tertiary/aromatic N) is 2. The SMILES string of the molecule is COc1cccc(C(C(=O)NC(C)(C)C)N(C(=O)CCC(=O)Nc2cc(C)on2)c2ccc(NC(C)=O)cc2)c1OC. The molecule has 3 rings (SSSR count). The number of rotatable bonds is 11. The number of ether oxygens (including phenoxy) is 2. The highest BCUT2D eigenvalue weighted by Crippen LogP contribution is 2.39. The fraction of sp³-hybridized carbons (Fsp3) is 0.367. The van der Waals surface area contributed by atoms with Crippen LogP contribution in [0.15, 0.2) is 53.1 Å². The number of amides is 4. The van der Waals surface area contributed by atoms with Gasteiger partial charge in [0.25, 0.3) is 0 Å². The Hall–Kier alpha value is -4.87. The summed E-state index contributed by atoms with van der Waals surface area (Å²) in [5.41, 5.74) is 0.609. The van der Waals surface area contributed by atoms with E-state index in [9.17, 15) is 19.2 Å². The second-order valence-corrected chi connectivity index (χ2v) is 10.6. The number of benzene rings is 2. The van der Waals surface area contributed by atoms with Crippen molar-refractivity contribution in [3.63, 3.8) is 0 Å². The van der Waals surface area contributed by atoms with Gasteiger partial charge in [-0.15, -0.1) is 0 Å². The number of carbonyl (C=O) groups excluding carboxylic acids is 4. The number of carbonyl (C=O) groups is 4. The molecule has 0 aliphatic heterocycles. The lowest BCUT2D eigenvalue weighted by Gasteiger charge is -2.34. The van der Waals surface area contributed by atoms with Crippen LogP contribution in [0.3, 0.4) is 0 Å². The lowest BCUT2D eigenvalue weighted by Crippen LogP contribution is -2.49. The van der Waals surface area contributed by atoms with Crippen LogP contribution < -0.4 is 30.3 Å². The number of methoxy groups -OCH3 is 2. The van der Waals surface area contributed by atoms with Gasteiger partial charge in [-0.25, -0.2) is 0 Å². The normalized spacial score (nSPS) is 11.7. The highest BCUT2D eigenvalue weighted by atomic mass is 16.5. The molecule has 1 unspecified atom stereocenters. The van der Waals surface area contributed by atoms with Gasteiger partial charge in [0.05, 0.1) is 14.2 Å². The van der Waals surface area contributed by atoms with Gasteiger partial charge in [0, 0.05) is 48.3 Å². The van der Waals surface area contributed by atoms with E-state index in [2.05, 4.69) is 21.1 Å². The minimum atomic E-state index is -1.21. The fourth-order valence-corrected chi connectivity index (χ4v) is 4.28. The van der Waals surface area contributed by atoms with E-state index in [1.54, 1.807) is 55.5 Å². The molecule has 1 aromatic heterocycles. The predicted octanol–water partition coefficient (Wildman–Crippen LogP) is 4.37. The average molecular weight is 580 g/mol. The molecule has 42 heavy (non-hydrogen) atoms. The zero-order chi connectivity index (χ0) is 31.0. The Morgan fingerprint density at radius 2 is 1.67 bits per heavy atom. The predicted molar refractivity (Wildman–Crippen MR) is 158 cm³/mol. The molecule has 1 atom stereocenters. The van der Waals surface area contributed by atoms with Crippen molar-refractivity contribution in [3.05, 3.63) is 59.9 Å². The van der Waals surface area contributed by atoms with Gasteiger partial charge < -0.3 is 29.9 Å². The minimum Gasteiger partial charge on any atom is -0.493 e. The first-order valence-corrected chi connectivity index (χ1v) is 13.3. The molecule has 0 spiro atoms. The maximum absolute atomic E-state index is 14.0. The van der Waals surface area contributed by atoms with Gasteiger partial charge in [-0.2, -0.15) is 0 Å². The van der Waals surface area contributed by atoms with E-state index in [-0.39, 0.29) is 30.3 Å². The number of anilines is 3. The van der Waals surface area contributed by atoms with Crippen LogP contribution in [0.25, 0.3) is 0 Å². The van der Waals surface area contributed by atoms with E-state index in [0.717, 1.165) is 0 Å². The highest BCUT2D eigenvalue weighted by Gasteiger charge is 2.37. The molecule has 0 saturated heterocycles.